The largest absolute Gasteiger partial charge is 0.214 e. The maximum Gasteiger partial charge on any atom is 0.214 e. The van der Waals surface area contributed by atoms with Crippen molar-refractivity contribution in [3.63, 3.8) is 0 Å². The molecule has 1 saturated heterocycles. The molecule has 2 rings (SSSR count). The molecule has 0 aliphatic carbocycles. The molecule has 1 heterocycles. The summed E-state index contributed by atoms with van der Waals surface area (Å²) in [4.78, 5) is 0. The van der Waals surface area contributed by atoms with Crippen LogP contribution in [0.4, 0.5) is 0 Å². The van der Waals surface area contributed by atoms with Gasteiger partial charge in [-0.3, -0.25) is 0 Å². The van der Waals surface area contributed by atoms with Gasteiger partial charge in [-0.15, -0.1) is 0 Å². The summed E-state index contributed by atoms with van der Waals surface area (Å²) in [7, 11) is -3.02. The van der Waals surface area contributed by atoms with Crippen molar-refractivity contribution in [1.29, 1.82) is 0 Å². The van der Waals surface area contributed by atoms with Gasteiger partial charge >= 0.3 is 0 Å². The highest BCUT2D eigenvalue weighted by Gasteiger charge is 2.22. The highest BCUT2D eigenvalue weighted by Crippen LogP contribution is 2.14. The van der Waals surface area contributed by atoms with Gasteiger partial charge in [-0.25, -0.2) is 12.7 Å². The quantitative estimate of drug-likeness (QED) is 0.821. The molecule has 3 nitrogen and oxygen atoms in total. The Hall–Kier alpha value is -0.870. The molecular weight excluding hydrogens is 246 g/mol. The second-order valence-corrected chi connectivity index (χ2v) is 6.95. The zero-order valence-corrected chi connectivity index (χ0v) is 11.5. The Bertz CT molecular complexity index is 450. The molecule has 1 aromatic rings. The van der Waals surface area contributed by atoms with Crippen molar-refractivity contribution in [2.45, 2.75) is 32.1 Å². The smallest absolute Gasteiger partial charge is 0.212 e. The van der Waals surface area contributed by atoms with Crippen LogP contribution in [0.3, 0.4) is 0 Å². The molecule has 0 aromatic heterocycles. The van der Waals surface area contributed by atoms with E-state index in [1.165, 1.54) is 5.56 Å². The maximum absolute atomic E-state index is 12.1. The van der Waals surface area contributed by atoms with Crippen molar-refractivity contribution in [2.75, 3.05) is 18.8 Å². The van der Waals surface area contributed by atoms with Crippen molar-refractivity contribution in [2.24, 2.45) is 0 Å². The van der Waals surface area contributed by atoms with Crippen molar-refractivity contribution in [3.8, 4) is 0 Å². The fourth-order valence-corrected chi connectivity index (χ4v) is 3.96. The van der Waals surface area contributed by atoms with E-state index in [0.717, 1.165) is 25.7 Å². The van der Waals surface area contributed by atoms with Gasteiger partial charge in [0.2, 0.25) is 10.0 Å². The van der Waals surface area contributed by atoms with Gasteiger partial charge in [0.15, 0.2) is 0 Å². The number of aryl methyl sites for hydroxylation is 1. The van der Waals surface area contributed by atoms with Gasteiger partial charge in [0.25, 0.3) is 0 Å². The van der Waals surface area contributed by atoms with Gasteiger partial charge in [-0.1, -0.05) is 36.8 Å². The molecule has 0 spiro atoms. The number of hydrogen-bond donors (Lipinski definition) is 0. The van der Waals surface area contributed by atoms with Gasteiger partial charge in [0, 0.05) is 13.1 Å². The summed E-state index contributed by atoms with van der Waals surface area (Å²) in [5.41, 5.74) is 1.21. The number of rotatable bonds is 5. The topological polar surface area (TPSA) is 37.4 Å². The summed E-state index contributed by atoms with van der Waals surface area (Å²) in [5, 5.41) is 0. The lowest BCUT2D eigenvalue weighted by Gasteiger charge is -2.25. The van der Waals surface area contributed by atoms with Crippen LogP contribution in [-0.4, -0.2) is 31.6 Å². The van der Waals surface area contributed by atoms with E-state index in [2.05, 4.69) is 0 Å². The van der Waals surface area contributed by atoms with Crippen LogP contribution in [0.5, 0.6) is 0 Å². The van der Waals surface area contributed by atoms with Crippen LogP contribution in [0, 0.1) is 0 Å². The Morgan fingerprint density at radius 1 is 1.00 bits per heavy atom. The number of benzene rings is 1. The molecule has 0 bridgehead atoms. The highest BCUT2D eigenvalue weighted by molar-refractivity contribution is 7.89. The zero-order chi connectivity index (χ0) is 12.8. The number of sulfonamides is 1. The molecule has 0 N–H and O–H groups in total. The molecule has 1 aliphatic rings. The highest BCUT2D eigenvalue weighted by atomic mass is 32.2. The standard InChI is InChI=1S/C14H21NO2S/c16-18(17,15-11-5-2-6-12-15)13-7-10-14-8-3-1-4-9-14/h1,3-4,8-9H,2,5-7,10-13H2. The van der Waals surface area contributed by atoms with Crippen LogP contribution in [0.15, 0.2) is 30.3 Å². The first-order valence-electron chi connectivity index (χ1n) is 6.70. The molecule has 100 valence electrons. The van der Waals surface area contributed by atoms with E-state index in [4.69, 9.17) is 0 Å². The molecule has 18 heavy (non-hydrogen) atoms. The van der Waals surface area contributed by atoms with Gasteiger partial charge in [0.1, 0.15) is 0 Å². The van der Waals surface area contributed by atoms with E-state index in [1.54, 1.807) is 4.31 Å². The summed E-state index contributed by atoms with van der Waals surface area (Å²) in [6.07, 6.45) is 4.74. The lowest BCUT2D eigenvalue weighted by atomic mass is 10.1. The molecule has 0 radical (unpaired) electrons. The first-order valence-corrected chi connectivity index (χ1v) is 8.31. The average molecular weight is 267 g/mol. The first-order chi connectivity index (χ1) is 8.68. The second-order valence-electron chi connectivity index (χ2n) is 4.86. The number of nitrogens with zero attached hydrogens (tertiary/aromatic N) is 1. The predicted molar refractivity (Wildman–Crippen MR) is 74.0 cm³/mol. The summed E-state index contributed by atoms with van der Waals surface area (Å²) in [6, 6.07) is 10.1. The Balaban J connectivity index is 1.82. The van der Waals surface area contributed by atoms with Crippen molar-refractivity contribution >= 4 is 10.0 Å². The molecule has 0 amide bonds. The van der Waals surface area contributed by atoms with E-state index in [-0.39, 0.29) is 5.75 Å². The monoisotopic (exact) mass is 267 g/mol. The molecule has 4 heteroatoms. The SMILES string of the molecule is O=S(=O)(CCCc1ccccc1)N1CCCCC1. The molecular formula is C14H21NO2S. The van der Waals surface area contributed by atoms with Gasteiger partial charge in [0.05, 0.1) is 5.75 Å². The lowest BCUT2D eigenvalue weighted by Crippen LogP contribution is -2.37. The fourth-order valence-electron chi connectivity index (χ4n) is 2.38. The predicted octanol–water partition coefficient (Wildman–Crippen LogP) is 2.43. The second kappa shape index (κ2) is 6.34. The number of hydrogen-bond acceptors (Lipinski definition) is 2. The molecule has 0 atom stereocenters. The Labute approximate surface area is 110 Å². The Kier molecular flexibility index (Phi) is 4.78. The third-order valence-corrected chi connectivity index (χ3v) is 5.38. The van der Waals surface area contributed by atoms with E-state index in [1.807, 2.05) is 30.3 Å². The normalized spacial score (nSPS) is 17.8. The zero-order valence-electron chi connectivity index (χ0n) is 10.7. The van der Waals surface area contributed by atoms with Gasteiger partial charge < -0.3 is 0 Å². The van der Waals surface area contributed by atoms with Crippen LogP contribution in [0.2, 0.25) is 0 Å². The molecule has 1 fully saturated rings. The first kappa shape index (κ1) is 13.6. The summed E-state index contributed by atoms with van der Waals surface area (Å²) in [6.45, 7) is 1.43. The molecule has 1 aromatic carbocycles. The maximum atomic E-state index is 12.1. The van der Waals surface area contributed by atoms with Crippen molar-refractivity contribution < 1.29 is 8.42 Å². The minimum Gasteiger partial charge on any atom is -0.212 e. The summed E-state index contributed by atoms with van der Waals surface area (Å²) >= 11 is 0. The summed E-state index contributed by atoms with van der Waals surface area (Å²) in [5.74, 6) is 0.280. The minimum atomic E-state index is -3.02. The molecule has 0 saturated carbocycles. The van der Waals surface area contributed by atoms with Crippen LogP contribution in [0.1, 0.15) is 31.2 Å². The summed E-state index contributed by atoms with van der Waals surface area (Å²) < 4.78 is 25.9. The van der Waals surface area contributed by atoms with E-state index >= 15 is 0 Å². The Morgan fingerprint density at radius 2 is 1.67 bits per heavy atom. The molecule has 1 aliphatic heterocycles. The average Bonchev–Trinajstić information content (AvgIpc) is 2.41. The van der Waals surface area contributed by atoms with Gasteiger partial charge in [-0.2, -0.15) is 0 Å². The molecule has 0 unspecified atom stereocenters. The number of piperidine rings is 1. The lowest BCUT2D eigenvalue weighted by molar-refractivity contribution is 0.346. The van der Waals surface area contributed by atoms with Crippen LogP contribution < -0.4 is 0 Å². The third kappa shape index (κ3) is 3.82. The van der Waals surface area contributed by atoms with E-state index < -0.39 is 10.0 Å². The van der Waals surface area contributed by atoms with Crippen LogP contribution >= 0.6 is 0 Å². The van der Waals surface area contributed by atoms with E-state index in [9.17, 15) is 8.42 Å². The van der Waals surface area contributed by atoms with Crippen molar-refractivity contribution in [1.82, 2.24) is 4.31 Å². The van der Waals surface area contributed by atoms with Gasteiger partial charge in [-0.05, 0) is 31.2 Å². The van der Waals surface area contributed by atoms with Crippen LogP contribution in [0.25, 0.3) is 0 Å². The van der Waals surface area contributed by atoms with Crippen LogP contribution in [-0.2, 0) is 16.4 Å². The Morgan fingerprint density at radius 3 is 2.33 bits per heavy atom. The van der Waals surface area contributed by atoms with Crippen molar-refractivity contribution in [3.05, 3.63) is 35.9 Å². The third-order valence-electron chi connectivity index (χ3n) is 3.42. The minimum absolute atomic E-state index is 0.280. The fraction of sp³-hybridized carbons (Fsp3) is 0.571. The van der Waals surface area contributed by atoms with E-state index in [0.29, 0.717) is 19.5 Å².